The summed E-state index contributed by atoms with van der Waals surface area (Å²) in [6.45, 7) is 2.31. The second kappa shape index (κ2) is 6.69. The summed E-state index contributed by atoms with van der Waals surface area (Å²) in [7, 11) is 0. The highest BCUT2D eigenvalue weighted by Crippen LogP contribution is 2.24. The molecule has 2 rings (SSSR count). The van der Waals surface area contributed by atoms with E-state index in [9.17, 15) is 15.2 Å². The van der Waals surface area contributed by atoms with Crippen LogP contribution in [0.2, 0.25) is 0 Å². The number of benzene rings is 2. The Bertz CT molecular complexity index is 644. The molecule has 0 aliphatic rings. The van der Waals surface area contributed by atoms with E-state index in [1.54, 1.807) is 12.1 Å². The summed E-state index contributed by atoms with van der Waals surface area (Å²) in [6.07, 6.45) is -0.732. The van der Waals surface area contributed by atoms with Gasteiger partial charge in [-0.3, -0.25) is 10.1 Å². The van der Waals surface area contributed by atoms with Crippen molar-refractivity contribution in [3.05, 3.63) is 68.2 Å². The number of hydrogen-bond donors (Lipinski definition) is 2. The monoisotopic (exact) mass is 350 g/mol. The molecule has 110 valence electrons. The average molecular weight is 351 g/mol. The fourth-order valence-corrected chi connectivity index (χ4v) is 2.31. The molecule has 2 N–H and O–H groups in total. The van der Waals surface area contributed by atoms with Gasteiger partial charge < -0.3 is 10.4 Å². The van der Waals surface area contributed by atoms with Gasteiger partial charge in [0.25, 0.3) is 5.69 Å². The lowest BCUT2D eigenvalue weighted by molar-refractivity contribution is -0.384. The van der Waals surface area contributed by atoms with E-state index in [4.69, 9.17) is 0 Å². The largest absolute Gasteiger partial charge is 0.387 e. The van der Waals surface area contributed by atoms with Crippen molar-refractivity contribution in [3.8, 4) is 0 Å². The van der Waals surface area contributed by atoms with Crippen LogP contribution in [0.5, 0.6) is 0 Å². The van der Waals surface area contributed by atoms with E-state index < -0.39 is 11.0 Å². The van der Waals surface area contributed by atoms with Crippen LogP contribution in [0.15, 0.2) is 46.9 Å². The van der Waals surface area contributed by atoms with Gasteiger partial charge in [0.15, 0.2) is 0 Å². The highest BCUT2D eigenvalue weighted by molar-refractivity contribution is 9.10. The molecule has 0 fully saturated rings. The van der Waals surface area contributed by atoms with Gasteiger partial charge >= 0.3 is 0 Å². The first-order chi connectivity index (χ1) is 9.99. The second-order valence-electron chi connectivity index (χ2n) is 4.66. The lowest BCUT2D eigenvalue weighted by Crippen LogP contribution is -2.12. The molecule has 0 saturated carbocycles. The smallest absolute Gasteiger partial charge is 0.269 e. The highest BCUT2D eigenvalue weighted by atomic mass is 79.9. The zero-order chi connectivity index (χ0) is 15.4. The van der Waals surface area contributed by atoms with Crippen LogP contribution in [0.4, 0.5) is 11.4 Å². The van der Waals surface area contributed by atoms with Crippen molar-refractivity contribution >= 4 is 27.3 Å². The van der Waals surface area contributed by atoms with Crippen LogP contribution in [0.3, 0.4) is 0 Å². The number of nitrogens with one attached hydrogen (secondary N) is 1. The van der Waals surface area contributed by atoms with Crippen molar-refractivity contribution in [2.45, 2.75) is 13.0 Å². The molecule has 0 bridgehead atoms. The average Bonchev–Trinajstić information content (AvgIpc) is 2.48. The number of aliphatic hydroxyl groups is 1. The zero-order valence-corrected chi connectivity index (χ0v) is 13.0. The number of non-ortho nitro benzene ring substituents is 1. The third kappa shape index (κ3) is 3.80. The number of aliphatic hydroxyl groups excluding tert-OH is 1. The molecule has 0 spiro atoms. The molecule has 0 aliphatic heterocycles. The molecule has 6 heteroatoms. The minimum absolute atomic E-state index is 0.0155. The molecular formula is C15H15BrN2O3. The molecule has 0 aliphatic carbocycles. The van der Waals surface area contributed by atoms with Crippen molar-refractivity contribution in [1.82, 2.24) is 0 Å². The van der Waals surface area contributed by atoms with Gasteiger partial charge in [-0.2, -0.15) is 0 Å². The van der Waals surface area contributed by atoms with E-state index in [0.29, 0.717) is 12.1 Å². The number of rotatable bonds is 5. The minimum atomic E-state index is -0.732. The Morgan fingerprint density at radius 1 is 1.29 bits per heavy atom. The maximum Gasteiger partial charge on any atom is 0.269 e. The summed E-state index contributed by atoms with van der Waals surface area (Å²) < 4.78 is 0.998. The fraction of sp³-hybridized carbons (Fsp3) is 0.200. The molecule has 0 saturated heterocycles. The van der Waals surface area contributed by atoms with E-state index in [1.165, 1.54) is 12.1 Å². The first kappa shape index (κ1) is 15.5. The van der Waals surface area contributed by atoms with Crippen LogP contribution in [0.1, 0.15) is 17.2 Å². The predicted octanol–water partition coefficient (Wildman–Crippen LogP) is 3.81. The van der Waals surface area contributed by atoms with Crippen LogP contribution in [0, 0.1) is 17.0 Å². The zero-order valence-electron chi connectivity index (χ0n) is 11.4. The predicted molar refractivity (Wildman–Crippen MR) is 85.4 cm³/mol. The molecule has 21 heavy (non-hydrogen) atoms. The Hall–Kier alpha value is -1.92. The summed E-state index contributed by atoms with van der Waals surface area (Å²) >= 11 is 3.45. The maximum atomic E-state index is 10.6. The molecular weight excluding hydrogens is 336 g/mol. The van der Waals surface area contributed by atoms with Gasteiger partial charge in [-0.05, 0) is 42.3 Å². The topological polar surface area (TPSA) is 75.4 Å². The summed E-state index contributed by atoms with van der Waals surface area (Å²) in [5.74, 6) is 0. The second-order valence-corrected chi connectivity index (χ2v) is 5.51. The Morgan fingerprint density at radius 3 is 2.57 bits per heavy atom. The van der Waals surface area contributed by atoms with Crippen LogP contribution in [0.25, 0.3) is 0 Å². The number of nitro groups is 1. The molecule has 2 aromatic rings. The normalized spacial score (nSPS) is 12.0. The minimum Gasteiger partial charge on any atom is -0.387 e. The van der Waals surface area contributed by atoms with Gasteiger partial charge in [-0.1, -0.05) is 22.0 Å². The molecule has 0 heterocycles. The van der Waals surface area contributed by atoms with E-state index in [0.717, 1.165) is 15.7 Å². The molecule has 0 radical (unpaired) electrons. The molecule has 5 nitrogen and oxygen atoms in total. The van der Waals surface area contributed by atoms with Gasteiger partial charge in [-0.15, -0.1) is 0 Å². The van der Waals surface area contributed by atoms with Gasteiger partial charge in [0.2, 0.25) is 0 Å². The van der Waals surface area contributed by atoms with Crippen molar-refractivity contribution in [1.29, 1.82) is 0 Å². The van der Waals surface area contributed by atoms with E-state index in [2.05, 4.69) is 21.2 Å². The standard InChI is InChI=1S/C15H15BrN2O3/c1-10-13(16)3-2-4-14(10)17-9-15(19)11-5-7-12(8-6-11)18(20)21/h2-8,15,17,19H,9H2,1H3. The van der Waals surface area contributed by atoms with Crippen molar-refractivity contribution in [2.75, 3.05) is 11.9 Å². The molecule has 1 atom stereocenters. The summed E-state index contributed by atoms with van der Waals surface area (Å²) in [6, 6.07) is 11.7. The van der Waals surface area contributed by atoms with E-state index >= 15 is 0 Å². The van der Waals surface area contributed by atoms with Gasteiger partial charge in [0.05, 0.1) is 11.0 Å². The maximum absolute atomic E-state index is 10.6. The van der Waals surface area contributed by atoms with E-state index in [1.807, 2.05) is 25.1 Å². The highest BCUT2D eigenvalue weighted by Gasteiger charge is 2.11. The van der Waals surface area contributed by atoms with Crippen molar-refractivity contribution in [3.63, 3.8) is 0 Å². The molecule has 1 unspecified atom stereocenters. The summed E-state index contributed by atoms with van der Waals surface area (Å²) in [5.41, 5.74) is 2.65. The lowest BCUT2D eigenvalue weighted by atomic mass is 10.1. The molecule has 0 aromatic heterocycles. The summed E-state index contributed by atoms with van der Waals surface area (Å²) in [5, 5.41) is 23.9. The number of anilines is 1. The van der Waals surface area contributed by atoms with Crippen LogP contribution in [-0.4, -0.2) is 16.6 Å². The Kier molecular flexibility index (Phi) is 4.93. The third-order valence-corrected chi connectivity index (χ3v) is 4.10. The quantitative estimate of drug-likeness (QED) is 0.634. The van der Waals surface area contributed by atoms with Crippen molar-refractivity contribution in [2.24, 2.45) is 0 Å². The number of nitro benzene ring substituents is 1. The first-order valence-electron chi connectivity index (χ1n) is 6.40. The fourth-order valence-electron chi connectivity index (χ4n) is 1.94. The first-order valence-corrected chi connectivity index (χ1v) is 7.19. The lowest BCUT2D eigenvalue weighted by Gasteiger charge is -2.15. The number of halogens is 1. The van der Waals surface area contributed by atoms with Crippen LogP contribution >= 0.6 is 15.9 Å². The Balaban J connectivity index is 2.03. The SMILES string of the molecule is Cc1c(Br)cccc1NCC(O)c1ccc([N+](=O)[O-])cc1. The van der Waals surface area contributed by atoms with Gasteiger partial charge in [0.1, 0.15) is 0 Å². The van der Waals surface area contributed by atoms with Gasteiger partial charge in [-0.25, -0.2) is 0 Å². The Labute approximate surface area is 130 Å². The molecule has 2 aromatic carbocycles. The van der Waals surface area contributed by atoms with Crippen LogP contribution in [-0.2, 0) is 0 Å². The van der Waals surface area contributed by atoms with Gasteiger partial charge in [0, 0.05) is 28.8 Å². The van der Waals surface area contributed by atoms with E-state index in [-0.39, 0.29) is 5.69 Å². The third-order valence-electron chi connectivity index (χ3n) is 3.24. The molecule has 0 amide bonds. The van der Waals surface area contributed by atoms with Crippen molar-refractivity contribution < 1.29 is 10.0 Å². The Morgan fingerprint density at radius 2 is 1.95 bits per heavy atom. The number of hydrogen-bond acceptors (Lipinski definition) is 4. The van der Waals surface area contributed by atoms with Crippen LogP contribution < -0.4 is 5.32 Å². The number of nitrogens with zero attached hydrogens (tertiary/aromatic N) is 1. The summed E-state index contributed by atoms with van der Waals surface area (Å²) in [4.78, 5) is 10.1.